The second kappa shape index (κ2) is 14.0. The summed E-state index contributed by atoms with van der Waals surface area (Å²) in [5.41, 5.74) is 3.58. The van der Waals surface area contributed by atoms with Crippen LogP contribution in [0.3, 0.4) is 0 Å². The summed E-state index contributed by atoms with van der Waals surface area (Å²) in [7, 11) is 3.14. The maximum absolute atomic E-state index is 14.2. The van der Waals surface area contributed by atoms with Crippen molar-refractivity contribution >= 4 is 56.5 Å². The number of para-hydroxylation sites is 1. The second-order valence-electron chi connectivity index (χ2n) is 10.6. The molecule has 1 aliphatic rings. The zero-order valence-electron chi connectivity index (χ0n) is 25.6. The van der Waals surface area contributed by atoms with E-state index in [4.69, 9.17) is 30.8 Å². The molecule has 1 aliphatic heterocycles. The van der Waals surface area contributed by atoms with Crippen LogP contribution in [0.15, 0.2) is 117 Å². The molecule has 0 saturated carbocycles. The number of methoxy groups -OCH3 is 2. The molecule has 1 aromatic heterocycles. The largest absolute Gasteiger partial charge is 0.497 e. The molecule has 8 nitrogen and oxygen atoms in total. The number of hydrogen-bond acceptors (Lipinski definition) is 7. The normalized spacial score (nSPS) is 14.3. The molecule has 238 valence electrons. The van der Waals surface area contributed by atoms with Gasteiger partial charge in [-0.05, 0) is 94.2 Å². The second-order valence-corrected chi connectivity index (χ2v) is 12.9. The number of carbonyl (C=O) groups is 1. The lowest BCUT2D eigenvalue weighted by atomic mass is 9.95. The van der Waals surface area contributed by atoms with Crippen LogP contribution in [-0.2, 0) is 11.4 Å². The summed E-state index contributed by atoms with van der Waals surface area (Å²) in [6.45, 7) is 2.07. The highest BCUT2D eigenvalue weighted by atomic mass is 79.9. The van der Waals surface area contributed by atoms with Crippen LogP contribution in [0.5, 0.6) is 17.2 Å². The van der Waals surface area contributed by atoms with Gasteiger partial charge in [-0.25, -0.2) is 4.99 Å². The molecule has 4 aromatic carbocycles. The first-order valence-corrected chi connectivity index (χ1v) is 16.5. The standard InChI is InChI=1S/C36H29BrClN3O5S/c1-21-31(34(42)40-26-12-5-4-6-13-26)32(24-10-8-14-27(19-24)44-2)41-35(43)30(47-36(41)39-21)18-23-16-28(37)33(29(17-23)45-3)46-20-22-9-7-11-25(38)15-22/h4-19,32H,20H2,1-3H3,(H,40,42)/b30-18-/t32-/m0/s1. The average molecular weight is 731 g/mol. The summed E-state index contributed by atoms with van der Waals surface area (Å²) in [5.74, 6) is 1.28. The van der Waals surface area contributed by atoms with Crippen LogP contribution >= 0.6 is 38.9 Å². The van der Waals surface area contributed by atoms with E-state index < -0.39 is 6.04 Å². The lowest BCUT2D eigenvalue weighted by Crippen LogP contribution is -2.40. The van der Waals surface area contributed by atoms with Crippen LogP contribution in [0.4, 0.5) is 5.69 Å². The minimum Gasteiger partial charge on any atom is -0.497 e. The van der Waals surface area contributed by atoms with Crippen molar-refractivity contribution < 1.29 is 19.0 Å². The van der Waals surface area contributed by atoms with Crippen LogP contribution < -0.4 is 34.4 Å². The number of hydrogen-bond donors (Lipinski definition) is 1. The van der Waals surface area contributed by atoms with Gasteiger partial charge in [0, 0.05) is 10.7 Å². The Hall–Kier alpha value is -4.64. The molecule has 1 atom stereocenters. The summed E-state index contributed by atoms with van der Waals surface area (Å²) in [5, 5.41) is 3.60. The topological polar surface area (TPSA) is 91.2 Å². The van der Waals surface area contributed by atoms with E-state index in [0.29, 0.717) is 58.6 Å². The van der Waals surface area contributed by atoms with Crippen molar-refractivity contribution in [3.63, 3.8) is 0 Å². The number of nitrogens with one attached hydrogen (secondary N) is 1. The van der Waals surface area contributed by atoms with Crippen LogP contribution in [-0.4, -0.2) is 24.7 Å². The lowest BCUT2D eigenvalue weighted by Gasteiger charge is -2.25. The lowest BCUT2D eigenvalue weighted by molar-refractivity contribution is -0.113. The third-order valence-electron chi connectivity index (χ3n) is 7.53. The number of thiazole rings is 1. The number of ether oxygens (including phenoxy) is 3. The van der Waals surface area contributed by atoms with Gasteiger partial charge >= 0.3 is 0 Å². The number of carbonyl (C=O) groups excluding carboxylic acids is 1. The van der Waals surface area contributed by atoms with Crippen LogP contribution in [0.25, 0.3) is 6.08 Å². The molecule has 1 amide bonds. The van der Waals surface area contributed by atoms with Crippen LogP contribution in [0.1, 0.15) is 29.7 Å². The molecule has 0 radical (unpaired) electrons. The SMILES string of the molecule is COc1cccc([C@H]2C(C(=O)Nc3ccccc3)=C(C)N=c3s/c(=C\c4cc(Br)c(OCc5cccc(Cl)c5)c(OC)c4)c(=O)n32)c1. The van der Waals surface area contributed by atoms with Crippen molar-refractivity contribution in [1.82, 2.24) is 4.57 Å². The summed E-state index contributed by atoms with van der Waals surface area (Å²) in [6.07, 6.45) is 1.78. The first-order valence-electron chi connectivity index (χ1n) is 14.5. The highest BCUT2D eigenvalue weighted by Crippen LogP contribution is 2.38. The number of halogens is 2. The Morgan fingerprint density at radius 2 is 1.81 bits per heavy atom. The van der Waals surface area contributed by atoms with E-state index in [1.165, 1.54) is 11.3 Å². The van der Waals surface area contributed by atoms with Gasteiger partial charge in [0.25, 0.3) is 11.5 Å². The van der Waals surface area contributed by atoms with Crippen molar-refractivity contribution in [3.05, 3.63) is 148 Å². The molecule has 47 heavy (non-hydrogen) atoms. The quantitative estimate of drug-likeness (QED) is 0.179. The van der Waals surface area contributed by atoms with E-state index in [0.717, 1.165) is 11.1 Å². The van der Waals surface area contributed by atoms with E-state index in [-0.39, 0.29) is 18.1 Å². The van der Waals surface area contributed by atoms with Gasteiger partial charge in [-0.15, -0.1) is 0 Å². The Balaban J connectivity index is 1.41. The Labute approximate surface area is 288 Å². The number of fused-ring (bicyclic) bond motifs is 1. The summed E-state index contributed by atoms with van der Waals surface area (Å²) >= 11 is 11.0. The fourth-order valence-corrected chi connectivity index (χ4v) is 7.19. The zero-order chi connectivity index (χ0) is 33.1. The molecule has 0 unspecified atom stereocenters. The van der Waals surface area contributed by atoms with E-state index in [9.17, 15) is 9.59 Å². The van der Waals surface area contributed by atoms with Gasteiger partial charge in [0.15, 0.2) is 16.3 Å². The molecule has 6 rings (SSSR count). The van der Waals surface area contributed by atoms with Crippen molar-refractivity contribution in [2.75, 3.05) is 19.5 Å². The smallest absolute Gasteiger partial charge is 0.271 e. The van der Waals surface area contributed by atoms with Gasteiger partial charge in [-0.1, -0.05) is 65.4 Å². The minimum absolute atomic E-state index is 0.282. The molecule has 0 spiro atoms. The summed E-state index contributed by atoms with van der Waals surface area (Å²) in [6, 6.07) is 26.9. The van der Waals surface area contributed by atoms with Crippen LogP contribution in [0, 0.1) is 0 Å². The predicted octanol–water partition coefficient (Wildman–Crippen LogP) is 6.89. The third kappa shape index (κ3) is 6.90. The average Bonchev–Trinajstić information content (AvgIpc) is 3.37. The Bertz CT molecular complexity index is 2200. The number of nitrogens with zero attached hydrogens (tertiary/aromatic N) is 2. The fraction of sp³-hybridized carbons (Fsp3) is 0.139. The number of rotatable bonds is 9. The van der Waals surface area contributed by atoms with Gasteiger partial charge in [0.1, 0.15) is 12.4 Å². The van der Waals surface area contributed by atoms with E-state index in [1.54, 1.807) is 43.9 Å². The molecule has 0 saturated heterocycles. The highest BCUT2D eigenvalue weighted by Gasteiger charge is 2.33. The van der Waals surface area contributed by atoms with Gasteiger partial charge in [0.2, 0.25) is 0 Å². The molecule has 0 aliphatic carbocycles. The molecule has 2 heterocycles. The van der Waals surface area contributed by atoms with Crippen molar-refractivity contribution in [1.29, 1.82) is 0 Å². The van der Waals surface area contributed by atoms with Gasteiger partial charge in [-0.3, -0.25) is 14.2 Å². The molecule has 0 bridgehead atoms. The zero-order valence-corrected chi connectivity index (χ0v) is 28.8. The van der Waals surface area contributed by atoms with E-state index in [1.807, 2.05) is 78.9 Å². The molecular weight excluding hydrogens is 702 g/mol. The summed E-state index contributed by atoms with van der Waals surface area (Å²) in [4.78, 5) is 33.2. The number of aromatic nitrogens is 1. The number of amides is 1. The van der Waals surface area contributed by atoms with Crippen molar-refractivity contribution in [3.8, 4) is 17.2 Å². The van der Waals surface area contributed by atoms with Crippen molar-refractivity contribution in [2.45, 2.75) is 19.6 Å². The molecule has 5 aromatic rings. The minimum atomic E-state index is -0.740. The Kier molecular flexibility index (Phi) is 9.63. The molecule has 11 heteroatoms. The monoisotopic (exact) mass is 729 g/mol. The van der Waals surface area contributed by atoms with Gasteiger partial charge < -0.3 is 19.5 Å². The highest BCUT2D eigenvalue weighted by molar-refractivity contribution is 9.10. The van der Waals surface area contributed by atoms with Crippen molar-refractivity contribution in [2.24, 2.45) is 4.99 Å². The third-order valence-corrected chi connectivity index (χ3v) is 9.34. The maximum Gasteiger partial charge on any atom is 0.271 e. The van der Waals surface area contributed by atoms with E-state index in [2.05, 4.69) is 21.2 Å². The first kappa shape index (κ1) is 32.3. The number of benzene rings is 4. The van der Waals surface area contributed by atoms with Crippen LogP contribution in [0.2, 0.25) is 5.02 Å². The summed E-state index contributed by atoms with van der Waals surface area (Å²) < 4.78 is 19.9. The fourth-order valence-electron chi connectivity index (χ4n) is 5.36. The predicted molar refractivity (Wildman–Crippen MR) is 188 cm³/mol. The Morgan fingerprint density at radius 3 is 2.55 bits per heavy atom. The number of anilines is 1. The Morgan fingerprint density at radius 1 is 1.02 bits per heavy atom. The molecule has 1 N–H and O–H groups in total. The van der Waals surface area contributed by atoms with Gasteiger partial charge in [-0.2, -0.15) is 0 Å². The van der Waals surface area contributed by atoms with Gasteiger partial charge in [0.05, 0.1) is 40.5 Å². The number of allylic oxidation sites excluding steroid dienone is 1. The van der Waals surface area contributed by atoms with E-state index >= 15 is 0 Å². The molecular formula is C36H29BrClN3O5S. The maximum atomic E-state index is 14.2. The molecule has 0 fully saturated rings. The first-order chi connectivity index (χ1) is 22.7.